The van der Waals surface area contributed by atoms with Gasteiger partial charge in [0.2, 0.25) is 0 Å². The Kier molecular flexibility index (Phi) is 4.58. The molecule has 0 bridgehead atoms. The lowest BCUT2D eigenvalue weighted by Crippen LogP contribution is -1.82. The molecule has 0 heterocycles. The molecule has 1 N–H and O–H groups in total. The lowest BCUT2D eigenvalue weighted by Gasteiger charge is -1.98. The number of benzene rings is 1. The number of aliphatic hydroxyl groups excluding tert-OH is 1. The predicted octanol–water partition coefficient (Wildman–Crippen LogP) is 2.82. The van der Waals surface area contributed by atoms with Crippen LogP contribution in [0.5, 0.6) is 0 Å². The van der Waals surface area contributed by atoms with Crippen molar-refractivity contribution in [2.75, 3.05) is 6.61 Å². The van der Waals surface area contributed by atoms with Crippen LogP contribution in [0.3, 0.4) is 0 Å². The van der Waals surface area contributed by atoms with Crippen LogP contribution in [0.15, 0.2) is 36.4 Å². The molecule has 2 heteroatoms. The minimum absolute atomic E-state index is 0.207. The van der Waals surface area contributed by atoms with E-state index in [-0.39, 0.29) is 6.61 Å². The summed E-state index contributed by atoms with van der Waals surface area (Å²) in [6.07, 6.45) is 5.53. The smallest absolute Gasteiger partial charge is 0.0465 e. The number of hydrogen-bond donors (Lipinski definition) is 1. The molecule has 1 aromatic rings. The van der Waals surface area contributed by atoms with Crippen molar-refractivity contribution >= 4 is 11.6 Å². The normalized spacial score (nSPS) is 10.9. The highest BCUT2D eigenvalue weighted by molar-refractivity contribution is 6.31. The monoisotopic (exact) mass is 196 g/mol. The zero-order valence-electron chi connectivity index (χ0n) is 7.41. The summed E-state index contributed by atoms with van der Waals surface area (Å²) in [6, 6.07) is 7.78. The van der Waals surface area contributed by atoms with E-state index in [4.69, 9.17) is 16.7 Å². The summed E-state index contributed by atoms with van der Waals surface area (Å²) in [5, 5.41) is 9.34. The van der Waals surface area contributed by atoms with Gasteiger partial charge in [0.1, 0.15) is 0 Å². The molecule has 0 radical (unpaired) electrons. The largest absolute Gasteiger partial charge is 0.396 e. The highest BCUT2D eigenvalue weighted by Crippen LogP contribution is 2.15. The van der Waals surface area contributed by atoms with Gasteiger partial charge in [-0.05, 0) is 24.5 Å². The first-order valence-corrected chi connectivity index (χ1v) is 4.71. The zero-order chi connectivity index (χ0) is 9.52. The van der Waals surface area contributed by atoms with Gasteiger partial charge < -0.3 is 5.11 Å². The van der Waals surface area contributed by atoms with E-state index in [2.05, 4.69) is 0 Å². The minimum atomic E-state index is 0.207. The van der Waals surface area contributed by atoms with Crippen LogP contribution < -0.4 is 0 Å². The number of halogens is 1. The van der Waals surface area contributed by atoms with Gasteiger partial charge in [0.05, 0.1) is 0 Å². The molecule has 0 spiro atoms. The first-order chi connectivity index (χ1) is 6.34. The Balaban J connectivity index is 2.49. The highest BCUT2D eigenvalue weighted by Gasteiger charge is 1.94. The fourth-order valence-electron chi connectivity index (χ4n) is 1.07. The lowest BCUT2D eigenvalue weighted by molar-refractivity contribution is 0.302. The molecule has 0 saturated heterocycles. The van der Waals surface area contributed by atoms with Gasteiger partial charge in [0.25, 0.3) is 0 Å². The van der Waals surface area contributed by atoms with Gasteiger partial charge in [0.15, 0.2) is 0 Å². The maximum atomic E-state index is 8.54. The number of aliphatic hydroxyl groups is 1. The van der Waals surface area contributed by atoms with Crippen LogP contribution in [0.25, 0.3) is 0 Å². The molecule has 0 aliphatic heterocycles. The van der Waals surface area contributed by atoms with E-state index < -0.39 is 0 Å². The standard InChI is InChI=1S/C11H13ClO/c12-11-8-4-3-7-10(11)6-2-1-5-9-13/h1-4,7-8,13H,5-6,9H2/b2-1+. The molecule has 1 rings (SSSR count). The summed E-state index contributed by atoms with van der Waals surface area (Å²) in [7, 11) is 0. The Bertz CT molecular complexity index is 281. The Morgan fingerprint density at radius 2 is 2.00 bits per heavy atom. The Morgan fingerprint density at radius 1 is 1.23 bits per heavy atom. The maximum Gasteiger partial charge on any atom is 0.0465 e. The fraction of sp³-hybridized carbons (Fsp3) is 0.273. The molecule has 1 nitrogen and oxygen atoms in total. The molecule has 0 aliphatic rings. The molecule has 0 unspecified atom stereocenters. The van der Waals surface area contributed by atoms with Crippen molar-refractivity contribution in [2.24, 2.45) is 0 Å². The van der Waals surface area contributed by atoms with Crippen LogP contribution in [0.1, 0.15) is 12.0 Å². The minimum Gasteiger partial charge on any atom is -0.396 e. The van der Waals surface area contributed by atoms with Crippen LogP contribution in [-0.2, 0) is 6.42 Å². The topological polar surface area (TPSA) is 20.2 Å². The molecule has 1 aromatic carbocycles. The molecule has 0 aliphatic carbocycles. The van der Waals surface area contributed by atoms with E-state index in [1.807, 2.05) is 36.4 Å². The second-order valence-electron chi connectivity index (χ2n) is 2.78. The van der Waals surface area contributed by atoms with Crippen LogP contribution in [0.2, 0.25) is 5.02 Å². The van der Waals surface area contributed by atoms with Crippen molar-refractivity contribution in [1.82, 2.24) is 0 Å². The molecule has 0 fully saturated rings. The first-order valence-electron chi connectivity index (χ1n) is 4.34. The van der Waals surface area contributed by atoms with Crippen LogP contribution in [0, 0.1) is 0 Å². The first kappa shape index (κ1) is 10.3. The Labute approximate surface area is 83.7 Å². The maximum absolute atomic E-state index is 8.54. The van der Waals surface area contributed by atoms with Gasteiger partial charge in [-0.25, -0.2) is 0 Å². The molecular formula is C11H13ClO. The van der Waals surface area contributed by atoms with Crippen molar-refractivity contribution < 1.29 is 5.11 Å². The van der Waals surface area contributed by atoms with Gasteiger partial charge in [0, 0.05) is 11.6 Å². The van der Waals surface area contributed by atoms with E-state index >= 15 is 0 Å². The summed E-state index contributed by atoms with van der Waals surface area (Å²) >= 11 is 5.95. The molecule has 0 saturated carbocycles. The Hall–Kier alpha value is -0.790. The molecule has 0 aromatic heterocycles. The van der Waals surface area contributed by atoms with Crippen molar-refractivity contribution in [1.29, 1.82) is 0 Å². The Morgan fingerprint density at radius 3 is 2.69 bits per heavy atom. The van der Waals surface area contributed by atoms with Crippen molar-refractivity contribution in [3.05, 3.63) is 47.0 Å². The summed E-state index contributed by atoms with van der Waals surface area (Å²) in [5.74, 6) is 0. The van der Waals surface area contributed by atoms with Crippen LogP contribution in [-0.4, -0.2) is 11.7 Å². The van der Waals surface area contributed by atoms with Gasteiger partial charge in [-0.2, -0.15) is 0 Å². The second kappa shape index (κ2) is 5.79. The summed E-state index contributed by atoms with van der Waals surface area (Å²) < 4.78 is 0. The predicted molar refractivity (Wildman–Crippen MR) is 56.0 cm³/mol. The third-order valence-corrected chi connectivity index (χ3v) is 2.13. The third kappa shape index (κ3) is 3.62. The van der Waals surface area contributed by atoms with E-state index in [9.17, 15) is 0 Å². The molecule has 70 valence electrons. The third-order valence-electron chi connectivity index (χ3n) is 1.76. The average molecular weight is 197 g/mol. The van der Waals surface area contributed by atoms with Gasteiger partial charge in [-0.15, -0.1) is 0 Å². The van der Waals surface area contributed by atoms with E-state index in [1.54, 1.807) is 0 Å². The van der Waals surface area contributed by atoms with E-state index in [1.165, 1.54) is 0 Å². The number of rotatable bonds is 4. The van der Waals surface area contributed by atoms with E-state index in [0.29, 0.717) is 6.42 Å². The molecule has 13 heavy (non-hydrogen) atoms. The van der Waals surface area contributed by atoms with Gasteiger partial charge in [-0.1, -0.05) is 42.0 Å². The van der Waals surface area contributed by atoms with Crippen molar-refractivity contribution in [3.63, 3.8) is 0 Å². The average Bonchev–Trinajstić information content (AvgIpc) is 2.15. The number of allylic oxidation sites excluding steroid dienone is 1. The molecular weight excluding hydrogens is 184 g/mol. The SMILES string of the molecule is OCC/C=C/Cc1ccccc1Cl. The fourth-order valence-corrected chi connectivity index (χ4v) is 1.28. The van der Waals surface area contributed by atoms with E-state index in [0.717, 1.165) is 17.0 Å². The van der Waals surface area contributed by atoms with Crippen molar-refractivity contribution in [3.8, 4) is 0 Å². The second-order valence-corrected chi connectivity index (χ2v) is 3.19. The molecule has 0 amide bonds. The number of hydrogen-bond acceptors (Lipinski definition) is 1. The highest BCUT2D eigenvalue weighted by atomic mass is 35.5. The molecule has 0 atom stereocenters. The summed E-state index contributed by atoms with van der Waals surface area (Å²) in [6.45, 7) is 0.207. The van der Waals surface area contributed by atoms with Crippen LogP contribution in [0.4, 0.5) is 0 Å². The zero-order valence-corrected chi connectivity index (χ0v) is 8.17. The van der Waals surface area contributed by atoms with Gasteiger partial charge in [-0.3, -0.25) is 0 Å². The van der Waals surface area contributed by atoms with Crippen LogP contribution >= 0.6 is 11.6 Å². The quantitative estimate of drug-likeness (QED) is 0.735. The summed E-state index contributed by atoms with van der Waals surface area (Å²) in [5.41, 5.74) is 1.12. The van der Waals surface area contributed by atoms with Crippen molar-refractivity contribution in [2.45, 2.75) is 12.8 Å². The lowest BCUT2D eigenvalue weighted by atomic mass is 10.1. The van der Waals surface area contributed by atoms with Gasteiger partial charge >= 0.3 is 0 Å². The summed E-state index contributed by atoms with van der Waals surface area (Å²) in [4.78, 5) is 0.